The largest absolute Gasteiger partial charge is 0.409 e. The van der Waals surface area contributed by atoms with Crippen LogP contribution in [0.4, 0.5) is 0 Å². The van der Waals surface area contributed by atoms with Crippen molar-refractivity contribution in [2.45, 2.75) is 19.4 Å². The third-order valence-corrected chi connectivity index (χ3v) is 3.72. The molecule has 0 fully saturated rings. The summed E-state index contributed by atoms with van der Waals surface area (Å²) < 4.78 is 1.66. The highest BCUT2D eigenvalue weighted by molar-refractivity contribution is 14.1. The summed E-state index contributed by atoms with van der Waals surface area (Å²) in [6.45, 7) is 1.84. The molecule has 0 saturated carbocycles. The molecule has 1 aromatic rings. The smallest absolute Gasteiger partial charge is 0.253 e. The fraction of sp³-hybridized carbons (Fsp3) is 0.273. The number of halogens is 2. The van der Waals surface area contributed by atoms with Gasteiger partial charge >= 0.3 is 0 Å². The average Bonchev–Trinajstić information content (AvgIpc) is 2.37. The Morgan fingerprint density at radius 2 is 2.33 bits per heavy atom. The Bertz CT molecular complexity index is 479. The molecule has 1 atom stereocenters. The van der Waals surface area contributed by atoms with Crippen LogP contribution in [0.3, 0.4) is 0 Å². The SMILES string of the molecule is CCC(NC(=O)c1cc(I)ccc1Br)/C(N)=N/O. The van der Waals surface area contributed by atoms with Gasteiger partial charge in [-0.2, -0.15) is 0 Å². The summed E-state index contributed by atoms with van der Waals surface area (Å²) in [5.41, 5.74) is 6.01. The van der Waals surface area contributed by atoms with Gasteiger partial charge in [0.15, 0.2) is 5.84 Å². The van der Waals surface area contributed by atoms with E-state index in [4.69, 9.17) is 10.9 Å². The van der Waals surface area contributed by atoms with Crippen LogP contribution in [-0.2, 0) is 0 Å². The second-order valence-corrected chi connectivity index (χ2v) is 5.68. The molecule has 5 nitrogen and oxygen atoms in total. The molecule has 0 aliphatic heterocycles. The Hall–Kier alpha value is -0.830. The highest BCUT2D eigenvalue weighted by atomic mass is 127. The first-order chi connectivity index (χ1) is 8.49. The first-order valence-corrected chi connectivity index (χ1v) is 7.10. The number of hydrogen-bond acceptors (Lipinski definition) is 3. The van der Waals surface area contributed by atoms with Crippen molar-refractivity contribution in [1.82, 2.24) is 5.32 Å². The number of nitrogens with zero attached hydrogens (tertiary/aromatic N) is 1. The van der Waals surface area contributed by atoms with E-state index in [1.54, 1.807) is 12.1 Å². The number of carbonyl (C=O) groups is 1. The van der Waals surface area contributed by atoms with Crippen LogP contribution in [0.1, 0.15) is 23.7 Å². The molecule has 0 spiro atoms. The molecular formula is C11H13BrIN3O2. The van der Waals surface area contributed by atoms with E-state index >= 15 is 0 Å². The molecule has 1 aromatic carbocycles. The van der Waals surface area contributed by atoms with Crippen LogP contribution in [-0.4, -0.2) is 23.0 Å². The van der Waals surface area contributed by atoms with E-state index in [1.165, 1.54) is 0 Å². The first kappa shape index (κ1) is 15.2. The van der Waals surface area contributed by atoms with Crippen LogP contribution in [0.5, 0.6) is 0 Å². The number of hydrogen-bond donors (Lipinski definition) is 3. The van der Waals surface area contributed by atoms with Crippen molar-refractivity contribution in [3.63, 3.8) is 0 Å². The van der Waals surface area contributed by atoms with E-state index in [-0.39, 0.29) is 11.7 Å². The van der Waals surface area contributed by atoms with E-state index in [9.17, 15) is 4.79 Å². The van der Waals surface area contributed by atoms with E-state index in [0.717, 1.165) is 3.57 Å². The lowest BCUT2D eigenvalue weighted by molar-refractivity contribution is 0.0944. The van der Waals surface area contributed by atoms with E-state index in [2.05, 4.69) is 49.0 Å². The Morgan fingerprint density at radius 1 is 1.67 bits per heavy atom. The number of nitrogens with two attached hydrogens (primary N) is 1. The van der Waals surface area contributed by atoms with Crippen LogP contribution in [0.15, 0.2) is 27.8 Å². The lowest BCUT2D eigenvalue weighted by Gasteiger charge is -2.16. The zero-order valence-corrected chi connectivity index (χ0v) is 13.4. The maximum atomic E-state index is 12.1. The standard InChI is InChI=1S/C11H13BrIN3O2/c1-2-9(10(14)16-18)15-11(17)7-5-6(13)3-4-8(7)12/h3-5,9,18H,2H2,1H3,(H2,14,16)(H,15,17). The van der Waals surface area contributed by atoms with Gasteiger partial charge < -0.3 is 16.3 Å². The van der Waals surface area contributed by atoms with Crippen LogP contribution >= 0.6 is 38.5 Å². The zero-order chi connectivity index (χ0) is 13.7. The minimum Gasteiger partial charge on any atom is -0.409 e. The van der Waals surface area contributed by atoms with E-state index in [1.807, 2.05) is 13.0 Å². The fourth-order valence-corrected chi connectivity index (χ4v) is 2.28. The van der Waals surface area contributed by atoms with Gasteiger partial charge in [-0.05, 0) is 63.1 Å². The highest BCUT2D eigenvalue weighted by Crippen LogP contribution is 2.19. The van der Waals surface area contributed by atoms with Gasteiger partial charge in [0.25, 0.3) is 5.91 Å². The molecule has 4 N–H and O–H groups in total. The maximum absolute atomic E-state index is 12.1. The van der Waals surface area contributed by atoms with Crippen molar-refractivity contribution in [3.8, 4) is 0 Å². The Labute approximate surface area is 127 Å². The molecular weight excluding hydrogens is 413 g/mol. The summed E-state index contributed by atoms with van der Waals surface area (Å²) in [5.74, 6) is -0.272. The van der Waals surface area contributed by atoms with Gasteiger partial charge in [-0.25, -0.2) is 0 Å². The molecule has 0 aliphatic carbocycles. The third kappa shape index (κ3) is 3.84. The maximum Gasteiger partial charge on any atom is 0.253 e. The molecule has 18 heavy (non-hydrogen) atoms. The van der Waals surface area contributed by atoms with Crippen LogP contribution in [0.25, 0.3) is 0 Å². The summed E-state index contributed by atoms with van der Waals surface area (Å²) in [5, 5.41) is 14.2. The van der Waals surface area contributed by atoms with E-state index in [0.29, 0.717) is 16.5 Å². The van der Waals surface area contributed by atoms with Crippen LogP contribution in [0, 0.1) is 3.57 Å². The molecule has 0 heterocycles. The van der Waals surface area contributed by atoms with Crippen molar-refractivity contribution < 1.29 is 10.0 Å². The monoisotopic (exact) mass is 425 g/mol. The summed E-state index contributed by atoms with van der Waals surface area (Å²) in [4.78, 5) is 12.1. The van der Waals surface area contributed by atoms with Gasteiger partial charge in [-0.15, -0.1) is 0 Å². The number of benzene rings is 1. The second kappa shape index (κ2) is 6.93. The fourth-order valence-electron chi connectivity index (χ4n) is 1.36. The average molecular weight is 426 g/mol. The van der Waals surface area contributed by atoms with Crippen molar-refractivity contribution in [3.05, 3.63) is 31.8 Å². The minimum absolute atomic E-state index is 0.00685. The minimum atomic E-state index is -0.479. The highest BCUT2D eigenvalue weighted by Gasteiger charge is 2.17. The number of carbonyl (C=O) groups excluding carboxylic acids is 1. The normalized spacial score (nSPS) is 13.2. The van der Waals surface area contributed by atoms with E-state index < -0.39 is 6.04 Å². The predicted molar refractivity (Wildman–Crippen MR) is 81.8 cm³/mol. The molecule has 1 unspecified atom stereocenters. The molecule has 98 valence electrons. The van der Waals surface area contributed by atoms with Gasteiger partial charge in [0.05, 0.1) is 11.6 Å². The molecule has 0 radical (unpaired) electrons. The van der Waals surface area contributed by atoms with Gasteiger partial charge in [0, 0.05) is 8.04 Å². The molecule has 0 aliphatic rings. The second-order valence-electron chi connectivity index (χ2n) is 3.58. The van der Waals surface area contributed by atoms with Gasteiger partial charge in [-0.3, -0.25) is 4.79 Å². The molecule has 7 heteroatoms. The number of amides is 1. The number of rotatable bonds is 4. The third-order valence-electron chi connectivity index (χ3n) is 2.36. The quantitative estimate of drug-likeness (QED) is 0.227. The van der Waals surface area contributed by atoms with Crippen molar-refractivity contribution >= 4 is 50.3 Å². The first-order valence-electron chi connectivity index (χ1n) is 5.23. The molecule has 0 bridgehead atoms. The van der Waals surface area contributed by atoms with Crippen molar-refractivity contribution in [1.29, 1.82) is 0 Å². The summed E-state index contributed by atoms with van der Waals surface area (Å²) >= 11 is 5.45. The number of oxime groups is 1. The van der Waals surface area contributed by atoms with Crippen molar-refractivity contribution in [2.24, 2.45) is 10.9 Å². The number of amidine groups is 1. The Kier molecular flexibility index (Phi) is 5.86. The number of nitrogens with one attached hydrogen (secondary N) is 1. The molecule has 1 amide bonds. The van der Waals surface area contributed by atoms with Crippen molar-refractivity contribution in [2.75, 3.05) is 0 Å². The predicted octanol–water partition coefficient (Wildman–Crippen LogP) is 2.31. The molecule has 0 aromatic heterocycles. The molecule has 0 saturated heterocycles. The lowest BCUT2D eigenvalue weighted by Crippen LogP contribution is -2.44. The molecule has 1 rings (SSSR count). The lowest BCUT2D eigenvalue weighted by atomic mass is 10.1. The van der Waals surface area contributed by atoms with Gasteiger partial charge in [0.2, 0.25) is 0 Å². The summed E-state index contributed by atoms with van der Waals surface area (Å²) in [7, 11) is 0. The zero-order valence-electron chi connectivity index (χ0n) is 9.65. The Morgan fingerprint density at radius 3 is 2.89 bits per heavy atom. The van der Waals surface area contributed by atoms with Gasteiger partial charge in [0.1, 0.15) is 0 Å². The Balaban J connectivity index is 2.91. The summed E-state index contributed by atoms with van der Waals surface area (Å²) in [6, 6.07) is 4.98. The van der Waals surface area contributed by atoms with Crippen LogP contribution in [0.2, 0.25) is 0 Å². The van der Waals surface area contributed by atoms with Crippen LogP contribution < -0.4 is 11.1 Å². The van der Waals surface area contributed by atoms with Gasteiger partial charge in [-0.1, -0.05) is 12.1 Å². The summed E-state index contributed by atoms with van der Waals surface area (Å²) in [6.07, 6.45) is 0.545. The topological polar surface area (TPSA) is 87.7 Å².